The second-order valence-corrected chi connectivity index (χ2v) is 4.98. The van der Waals surface area contributed by atoms with E-state index in [4.69, 9.17) is 9.15 Å². The third-order valence-corrected chi connectivity index (χ3v) is 3.32. The van der Waals surface area contributed by atoms with Crippen LogP contribution in [0.1, 0.15) is 10.4 Å². The Hall–Kier alpha value is -2.89. The van der Waals surface area contributed by atoms with Crippen molar-refractivity contribution in [3.63, 3.8) is 0 Å². The van der Waals surface area contributed by atoms with Gasteiger partial charge in [-0.2, -0.15) is 0 Å². The first-order valence-corrected chi connectivity index (χ1v) is 6.71. The van der Waals surface area contributed by atoms with Crippen LogP contribution in [0.2, 0.25) is 0 Å². The van der Waals surface area contributed by atoms with Crippen molar-refractivity contribution in [2.75, 3.05) is 26.1 Å². The van der Waals surface area contributed by atoms with E-state index in [-0.39, 0.29) is 0 Å². The quantitative estimate of drug-likeness (QED) is 0.692. The molecule has 3 rings (SSSR count). The molecule has 1 aromatic carbocycles. The summed E-state index contributed by atoms with van der Waals surface area (Å²) in [6, 6.07) is 7.20. The topological polar surface area (TPSA) is 68.5 Å². The highest BCUT2D eigenvalue weighted by Crippen LogP contribution is 2.30. The fraction of sp³-hybridized carbons (Fsp3) is 0.188. The van der Waals surface area contributed by atoms with Gasteiger partial charge in [0.2, 0.25) is 5.89 Å². The monoisotopic (exact) mass is 297 g/mol. The molecule has 0 saturated heterocycles. The summed E-state index contributed by atoms with van der Waals surface area (Å²) in [4.78, 5) is 22.4. The van der Waals surface area contributed by atoms with Gasteiger partial charge in [0.05, 0.1) is 7.11 Å². The summed E-state index contributed by atoms with van der Waals surface area (Å²) in [7, 11) is 5.13. The molecule has 0 spiro atoms. The summed E-state index contributed by atoms with van der Waals surface area (Å²) in [5.41, 5.74) is 3.04. The lowest BCUT2D eigenvalue weighted by molar-refractivity contribution is 0.0602. The second-order valence-electron chi connectivity index (χ2n) is 4.98. The average Bonchev–Trinajstić information content (AvgIpc) is 2.98. The lowest BCUT2D eigenvalue weighted by Crippen LogP contribution is -2.10. The van der Waals surface area contributed by atoms with Crippen LogP contribution >= 0.6 is 0 Å². The van der Waals surface area contributed by atoms with Gasteiger partial charge < -0.3 is 14.1 Å². The fourth-order valence-electron chi connectivity index (χ4n) is 2.16. The number of carbonyl (C=O) groups excluding carboxylic acids is 1. The number of oxazole rings is 1. The van der Waals surface area contributed by atoms with Gasteiger partial charge in [0.1, 0.15) is 11.1 Å². The van der Waals surface area contributed by atoms with E-state index in [0.717, 1.165) is 11.3 Å². The first-order valence-electron chi connectivity index (χ1n) is 6.71. The molecule has 0 bridgehead atoms. The lowest BCUT2D eigenvalue weighted by atomic mass is 10.1. The Morgan fingerprint density at radius 1 is 1.23 bits per heavy atom. The maximum atomic E-state index is 12.0. The van der Waals surface area contributed by atoms with Gasteiger partial charge in [0, 0.05) is 37.7 Å². The molecule has 6 heteroatoms. The number of rotatable bonds is 3. The molecular formula is C16H15N3O3. The van der Waals surface area contributed by atoms with Crippen molar-refractivity contribution < 1.29 is 13.9 Å². The average molecular weight is 297 g/mol. The maximum absolute atomic E-state index is 12.0. The van der Waals surface area contributed by atoms with Crippen LogP contribution in [-0.4, -0.2) is 37.1 Å². The van der Waals surface area contributed by atoms with Gasteiger partial charge in [-0.25, -0.2) is 9.78 Å². The number of fused-ring (bicyclic) bond motifs is 1. The first-order chi connectivity index (χ1) is 10.6. The van der Waals surface area contributed by atoms with Gasteiger partial charge in [0.15, 0.2) is 5.58 Å². The second kappa shape index (κ2) is 5.48. The SMILES string of the molecule is COC(=O)c1cc(N(C)C)cc2nc(-c3ccncc3)oc12. The first kappa shape index (κ1) is 14.1. The third-order valence-electron chi connectivity index (χ3n) is 3.32. The number of esters is 1. The van der Waals surface area contributed by atoms with Gasteiger partial charge in [-0.1, -0.05) is 0 Å². The van der Waals surface area contributed by atoms with Crippen LogP contribution in [0, 0.1) is 0 Å². The summed E-state index contributed by atoms with van der Waals surface area (Å²) < 4.78 is 10.6. The van der Waals surface area contributed by atoms with Crippen LogP contribution in [0.25, 0.3) is 22.6 Å². The number of hydrogen-bond acceptors (Lipinski definition) is 6. The van der Waals surface area contributed by atoms with Gasteiger partial charge in [-0.3, -0.25) is 4.98 Å². The van der Waals surface area contributed by atoms with E-state index in [1.54, 1.807) is 30.6 Å². The largest absolute Gasteiger partial charge is 0.465 e. The summed E-state index contributed by atoms with van der Waals surface area (Å²) in [6.07, 6.45) is 3.33. The minimum absolute atomic E-state index is 0.358. The van der Waals surface area contributed by atoms with Crippen LogP contribution < -0.4 is 4.90 Å². The Morgan fingerprint density at radius 2 is 1.95 bits per heavy atom. The van der Waals surface area contributed by atoms with E-state index in [1.807, 2.05) is 25.1 Å². The molecule has 0 unspecified atom stereocenters. The highest BCUT2D eigenvalue weighted by atomic mass is 16.5. The van der Waals surface area contributed by atoms with Crippen molar-refractivity contribution in [3.05, 3.63) is 42.2 Å². The molecule has 6 nitrogen and oxygen atoms in total. The van der Waals surface area contributed by atoms with E-state index in [9.17, 15) is 4.79 Å². The van der Waals surface area contributed by atoms with Gasteiger partial charge >= 0.3 is 5.97 Å². The molecule has 0 aliphatic carbocycles. The predicted molar refractivity (Wildman–Crippen MR) is 82.9 cm³/mol. The molecule has 0 N–H and O–H groups in total. The molecule has 112 valence electrons. The Balaban J connectivity index is 2.23. The number of benzene rings is 1. The number of anilines is 1. The van der Waals surface area contributed by atoms with Gasteiger partial charge in [-0.05, 0) is 24.3 Å². The van der Waals surface area contributed by atoms with E-state index >= 15 is 0 Å². The molecule has 0 saturated carbocycles. The van der Waals surface area contributed by atoms with E-state index in [1.165, 1.54) is 7.11 Å². The number of nitrogens with zero attached hydrogens (tertiary/aromatic N) is 3. The molecule has 3 aromatic rings. The Morgan fingerprint density at radius 3 is 2.59 bits per heavy atom. The van der Waals surface area contributed by atoms with Crippen molar-refractivity contribution in [2.45, 2.75) is 0 Å². The van der Waals surface area contributed by atoms with Crippen molar-refractivity contribution in [1.82, 2.24) is 9.97 Å². The van der Waals surface area contributed by atoms with Crippen LogP contribution in [0.3, 0.4) is 0 Å². The summed E-state index contributed by atoms with van der Waals surface area (Å²) in [5.74, 6) is -0.00964. The maximum Gasteiger partial charge on any atom is 0.341 e. The zero-order valence-corrected chi connectivity index (χ0v) is 12.5. The normalized spacial score (nSPS) is 10.7. The minimum atomic E-state index is -0.453. The Labute approximate surface area is 127 Å². The molecule has 0 aliphatic heterocycles. The number of pyridine rings is 1. The van der Waals surface area contributed by atoms with E-state index < -0.39 is 5.97 Å². The summed E-state index contributed by atoms with van der Waals surface area (Å²) >= 11 is 0. The molecular weight excluding hydrogens is 282 g/mol. The third kappa shape index (κ3) is 2.39. The Kier molecular flexibility index (Phi) is 3.50. The van der Waals surface area contributed by atoms with Crippen LogP contribution in [0.15, 0.2) is 41.1 Å². The highest BCUT2D eigenvalue weighted by Gasteiger charge is 2.19. The van der Waals surface area contributed by atoms with Crippen LogP contribution in [-0.2, 0) is 4.74 Å². The Bertz CT molecular complexity index is 825. The van der Waals surface area contributed by atoms with Crippen LogP contribution in [0.4, 0.5) is 5.69 Å². The zero-order chi connectivity index (χ0) is 15.7. The van der Waals surface area contributed by atoms with Crippen molar-refractivity contribution >= 4 is 22.8 Å². The van der Waals surface area contributed by atoms with Crippen molar-refractivity contribution in [2.24, 2.45) is 0 Å². The zero-order valence-electron chi connectivity index (χ0n) is 12.5. The smallest absolute Gasteiger partial charge is 0.341 e. The van der Waals surface area contributed by atoms with Crippen molar-refractivity contribution in [1.29, 1.82) is 0 Å². The van der Waals surface area contributed by atoms with Gasteiger partial charge in [-0.15, -0.1) is 0 Å². The molecule has 0 atom stereocenters. The standard InChI is InChI=1S/C16H15N3O3/c1-19(2)11-8-12(16(20)21-3)14-13(9-11)18-15(22-14)10-4-6-17-7-5-10/h4-9H,1-3H3. The summed E-state index contributed by atoms with van der Waals surface area (Å²) in [5, 5.41) is 0. The van der Waals surface area contributed by atoms with Crippen molar-refractivity contribution in [3.8, 4) is 11.5 Å². The molecule has 0 amide bonds. The molecule has 2 aromatic heterocycles. The predicted octanol–water partition coefficient (Wildman–Crippen LogP) is 2.74. The molecule has 22 heavy (non-hydrogen) atoms. The summed E-state index contributed by atoms with van der Waals surface area (Å²) in [6.45, 7) is 0. The number of methoxy groups -OCH3 is 1. The highest BCUT2D eigenvalue weighted by molar-refractivity contribution is 6.03. The molecule has 0 radical (unpaired) electrons. The van der Waals surface area contributed by atoms with E-state index in [2.05, 4.69) is 9.97 Å². The molecule has 0 aliphatic rings. The lowest BCUT2D eigenvalue weighted by Gasteiger charge is -2.13. The number of ether oxygens (including phenoxy) is 1. The number of carbonyl (C=O) groups is 1. The number of hydrogen-bond donors (Lipinski definition) is 0. The van der Waals surface area contributed by atoms with Gasteiger partial charge in [0.25, 0.3) is 0 Å². The number of aromatic nitrogens is 2. The minimum Gasteiger partial charge on any atom is -0.465 e. The fourth-order valence-corrected chi connectivity index (χ4v) is 2.16. The molecule has 2 heterocycles. The van der Waals surface area contributed by atoms with Crippen LogP contribution in [0.5, 0.6) is 0 Å². The molecule has 0 fully saturated rings. The van der Waals surface area contributed by atoms with E-state index in [0.29, 0.717) is 22.6 Å².